The van der Waals surface area contributed by atoms with Crippen LogP contribution < -0.4 is 5.32 Å². The predicted octanol–water partition coefficient (Wildman–Crippen LogP) is 4.06. The summed E-state index contributed by atoms with van der Waals surface area (Å²) >= 11 is 0. The number of carbonyl (C=O) groups excluding carboxylic acids is 2. The van der Waals surface area contributed by atoms with Gasteiger partial charge in [0.05, 0.1) is 11.4 Å². The molecule has 5 rings (SSSR count). The van der Waals surface area contributed by atoms with Crippen molar-refractivity contribution in [1.29, 1.82) is 0 Å². The minimum absolute atomic E-state index is 0.307. The highest BCUT2D eigenvalue weighted by Crippen LogP contribution is 2.25. The molecule has 4 aromatic rings. The van der Waals surface area contributed by atoms with Gasteiger partial charge in [-0.15, -0.1) is 0 Å². The minimum atomic E-state index is -1.01. The fraction of sp³-hybridized carbons (Fsp3) is 0.0800. The van der Waals surface area contributed by atoms with Crippen LogP contribution in [0.1, 0.15) is 21.6 Å². The van der Waals surface area contributed by atoms with E-state index in [1.54, 1.807) is 13.1 Å². The van der Waals surface area contributed by atoms with Gasteiger partial charge in [-0.2, -0.15) is 0 Å². The van der Waals surface area contributed by atoms with Crippen LogP contribution in [0.15, 0.2) is 89.9 Å². The number of rotatable bonds is 3. The molecule has 2 N–H and O–H groups in total. The molecule has 0 bridgehead atoms. The Balaban J connectivity index is 1.57. The van der Waals surface area contributed by atoms with Crippen LogP contribution in [-0.2, 0) is 4.79 Å². The molecule has 0 unspecified atom stereocenters. The normalized spacial score (nSPS) is 15.6. The quantitative estimate of drug-likeness (QED) is 0.536. The van der Waals surface area contributed by atoms with Gasteiger partial charge in [0, 0.05) is 29.1 Å². The van der Waals surface area contributed by atoms with E-state index in [0.717, 1.165) is 22.0 Å². The third-order valence-electron chi connectivity index (χ3n) is 5.42. The van der Waals surface area contributed by atoms with Crippen molar-refractivity contribution in [2.24, 2.45) is 4.99 Å². The van der Waals surface area contributed by atoms with Gasteiger partial charge in [0.15, 0.2) is 0 Å². The molecule has 3 aromatic carbocycles. The van der Waals surface area contributed by atoms with Gasteiger partial charge >= 0.3 is 0 Å². The molecule has 1 aromatic heterocycles. The summed E-state index contributed by atoms with van der Waals surface area (Å²) in [5.41, 5.74) is 4.30. The number of likely N-dealkylation sites (N-methyl/N-ethyl adjacent to an activating group) is 1. The molecule has 1 aliphatic rings. The predicted molar refractivity (Wildman–Crippen MR) is 121 cm³/mol. The number of carbonyl (C=O) groups is 2. The van der Waals surface area contributed by atoms with E-state index in [1.165, 1.54) is 4.90 Å². The molecule has 6 heteroatoms. The molecule has 0 aliphatic carbocycles. The third-order valence-corrected chi connectivity index (χ3v) is 5.42. The average molecular weight is 408 g/mol. The Labute approximate surface area is 179 Å². The zero-order valence-electron chi connectivity index (χ0n) is 16.9. The van der Waals surface area contributed by atoms with Crippen molar-refractivity contribution in [1.82, 2.24) is 9.88 Å². The molecule has 0 saturated carbocycles. The number of nitrogens with zero attached hydrogens (tertiary/aromatic N) is 2. The standard InChI is InChI=1S/C25H20N4O2/c1-29(25(31)21-15-17-11-5-7-13-19(17)26-21)23-24(30)27-20-14-8-6-12-18(20)22(28-23)16-9-3-2-4-10-16/h2-15,23,26H,1H3,(H,27,30)/t23-/m0/s1. The Morgan fingerprint density at radius 1 is 0.935 bits per heavy atom. The van der Waals surface area contributed by atoms with E-state index in [9.17, 15) is 9.59 Å². The summed E-state index contributed by atoms with van der Waals surface area (Å²) in [6.07, 6.45) is -1.01. The number of amides is 2. The summed E-state index contributed by atoms with van der Waals surface area (Å²) in [6.45, 7) is 0. The van der Waals surface area contributed by atoms with Crippen molar-refractivity contribution in [2.75, 3.05) is 12.4 Å². The van der Waals surface area contributed by atoms with E-state index in [0.29, 0.717) is 17.1 Å². The lowest BCUT2D eigenvalue weighted by Crippen LogP contribution is -2.43. The number of aromatic nitrogens is 1. The number of benzodiazepines with no additional fused rings is 1. The van der Waals surface area contributed by atoms with Crippen molar-refractivity contribution < 1.29 is 9.59 Å². The number of hydrogen-bond acceptors (Lipinski definition) is 3. The van der Waals surface area contributed by atoms with E-state index in [1.807, 2.05) is 78.9 Å². The van der Waals surface area contributed by atoms with Crippen molar-refractivity contribution in [3.63, 3.8) is 0 Å². The molecule has 0 spiro atoms. The summed E-state index contributed by atoms with van der Waals surface area (Å²) < 4.78 is 0. The Morgan fingerprint density at radius 2 is 1.65 bits per heavy atom. The van der Waals surface area contributed by atoms with Crippen molar-refractivity contribution in [3.8, 4) is 0 Å². The van der Waals surface area contributed by atoms with Crippen LogP contribution in [0.3, 0.4) is 0 Å². The van der Waals surface area contributed by atoms with Gasteiger partial charge in [-0.05, 0) is 18.2 Å². The number of anilines is 1. The second-order valence-electron chi connectivity index (χ2n) is 7.44. The number of aliphatic imine (C=N–C) groups is 1. The lowest BCUT2D eigenvalue weighted by Gasteiger charge is -2.23. The minimum Gasteiger partial charge on any atom is -0.351 e. The molecular formula is C25H20N4O2. The summed E-state index contributed by atoms with van der Waals surface area (Å²) in [5.74, 6) is -0.663. The third kappa shape index (κ3) is 3.38. The van der Waals surface area contributed by atoms with Crippen LogP contribution >= 0.6 is 0 Å². The number of aromatic amines is 1. The second kappa shape index (κ2) is 7.57. The van der Waals surface area contributed by atoms with Crippen LogP contribution in [0.25, 0.3) is 10.9 Å². The molecule has 6 nitrogen and oxygen atoms in total. The lowest BCUT2D eigenvalue weighted by atomic mass is 10.0. The number of fused-ring (bicyclic) bond motifs is 2. The fourth-order valence-corrected chi connectivity index (χ4v) is 3.82. The Morgan fingerprint density at radius 3 is 2.45 bits per heavy atom. The Bertz CT molecular complexity index is 1290. The number of benzene rings is 3. The number of H-pyrrole nitrogens is 1. The van der Waals surface area contributed by atoms with Crippen LogP contribution in [0.5, 0.6) is 0 Å². The van der Waals surface area contributed by atoms with E-state index < -0.39 is 6.17 Å². The highest BCUT2D eigenvalue weighted by molar-refractivity contribution is 6.20. The molecule has 0 radical (unpaired) electrons. The van der Waals surface area contributed by atoms with E-state index >= 15 is 0 Å². The number of nitrogens with one attached hydrogen (secondary N) is 2. The Kier molecular flexibility index (Phi) is 4.59. The highest BCUT2D eigenvalue weighted by atomic mass is 16.2. The van der Waals surface area contributed by atoms with E-state index in [-0.39, 0.29) is 11.8 Å². The number of hydrogen-bond donors (Lipinski definition) is 2. The summed E-state index contributed by atoms with van der Waals surface area (Å²) in [4.78, 5) is 35.6. The van der Waals surface area contributed by atoms with Crippen LogP contribution in [0.4, 0.5) is 5.69 Å². The molecular weight excluding hydrogens is 388 g/mol. The first-order chi connectivity index (χ1) is 15.1. The maximum atomic E-state index is 13.2. The molecule has 0 saturated heterocycles. The van der Waals surface area contributed by atoms with E-state index in [4.69, 9.17) is 4.99 Å². The maximum absolute atomic E-state index is 13.2. The lowest BCUT2D eigenvalue weighted by molar-refractivity contribution is -0.119. The maximum Gasteiger partial charge on any atom is 0.272 e. The molecule has 1 atom stereocenters. The fourth-order valence-electron chi connectivity index (χ4n) is 3.82. The van der Waals surface area contributed by atoms with Gasteiger partial charge in [0.25, 0.3) is 11.8 Å². The SMILES string of the molecule is CN(C(=O)c1cc2ccccc2[nH]1)[C@@H]1N=C(c2ccccc2)c2ccccc2NC1=O. The Hall–Kier alpha value is -4.19. The monoisotopic (exact) mass is 408 g/mol. The van der Waals surface area contributed by atoms with Gasteiger partial charge in [0.2, 0.25) is 6.17 Å². The van der Waals surface area contributed by atoms with Gasteiger partial charge in [-0.25, -0.2) is 4.99 Å². The zero-order valence-corrected chi connectivity index (χ0v) is 16.9. The van der Waals surface area contributed by atoms with Gasteiger partial charge in [0.1, 0.15) is 5.69 Å². The average Bonchev–Trinajstić information content (AvgIpc) is 3.18. The largest absolute Gasteiger partial charge is 0.351 e. The van der Waals surface area contributed by atoms with E-state index in [2.05, 4.69) is 10.3 Å². The highest BCUT2D eigenvalue weighted by Gasteiger charge is 2.32. The second-order valence-corrected chi connectivity index (χ2v) is 7.44. The first-order valence-corrected chi connectivity index (χ1v) is 10.0. The molecule has 1 aliphatic heterocycles. The van der Waals surface area contributed by atoms with Crippen molar-refractivity contribution in [2.45, 2.75) is 6.17 Å². The van der Waals surface area contributed by atoms with Crippen molar-refractivity contribution >= 4 is 34.1 Å². The summed E-state index contributed by atoms with van der Waals surface area (Å²) in [7, 11) is 1.60. The van der Waals surface area contributed by atoms with Crippen LogP contribution in [-0.4, -0.2) is 40.6 Å². The van der Waals surface area contributed by atoms with Crippen molar-refractivity contribution in [3.05, 3.63) is 102 Å². The van der Waals surface area contributed by atoms with Crippen LogP contribution in [0.2, 0.25) is 0 Å². The topological polar surface area (TPSA) is 77.6 Å². The first-order valence-electron chi connectivity index (χ1n) is 10.0. The zero-order chi connectivity index (χ0) is 21.4. The van der Waals surface area contributed by atoms with Gasteiger partial charge in [-0.1, -0.05) is 66.7 Å². The molecule has 152 valence electrons. The smallest absolute Gasteiger partial charge is 0.272 e. The number of para-hydroxylation sites is 2. The molecule has 31 heavy (non-hydrogen) atoms. The first kappa shape index (κ1) is 18.8. The molecule has 2 amide bonds. The van der Waals surface area contributed by atoms with Gasteiger partial charge < -0.3 is 15.2 Å². The molecule has 0 fully saturated rings. The molecule has 2 heterocycles. The summed E-state index contributed by atoms with van der Waals surface area (Å²) in [6, 6.07) is 26.7. The van der Waals surface area contributed by atoms with Gasteiger partial charge in [-0.3, -0.25) is 9.59 Å². The summed E-state index contributed by atoms with van der Waals surface area (Å²) in [5, 5.41) is 3.86. The van der Waals surface area contributed by atoms with Crippen LogP contribution in [0, 0.1) is 0 Å².